The Morgan fingerprint density at radius 1 is 1.22 bits per heavy atom. The zero-order valence-electron chi connectivity index (χ0n) is 12.2. The van der Waals surface area contributed by atoms with Crippen molar-refractivity contribution in [3.8, 4) is 0 Å². The van der Waals surface area contributed by atoms with Gasteiger partial charge in [0.2, 0.25) is 0 Å². The molecule has 2 nitrogen and oxygen atoms in total. The van der Waals surface area contributed by atoms with Crippen LogP contribution in [0.5, 0.6) is 0 Å². The largest absolute Gasteiger partial charge is 0.382 e. The van der Waals surface area contributed by atoms with E-state index in [1.807, 2.05) is 0 Å². The molecule has 100 valence electrons. The highest BCUT2D eigenvalue weighted by molar-refractivity contribution is 5.45. The summed E-state index contributed by atoms with van der Waals surface area (Å²) < 4.78 is 0. The maximum Gasteiger partial charge on any atom is 0.0342 e. The zero-order chi connectivity index (χ0) is 13.2. The van der Waals surface area contributed by atoms with Crippen molar-refractivity contribution < 1.29 is 0 Å². The maximum absolute atomic E-state index is 3.66. The molecule has 0 heterocycles. The van der Waals surface area contributed by atoms with E-state index in [1.54, 1.807) is 0 Å². The molecule has 0 spiro atoms. The normalized spacial score (nSPS) is 22.4. The Labute approximate surface area is 111 Å². The molecule has 1 aliphatic rings. The van der Waals surface area contributed by atoms with E-state index in [1.165, 1.54) is 30.5 Å². The Morgan fingerprint density at radius 3 is 2.39 bits per heavy atom. The van der Waals surface area contributed by atoms with E-state index in [-0.39, 0.29) is 0 Å². The number of benzene rings is 1. The summed E-state index contributed by atoms with van der Waals surface area (Å²) in [5.41, 5.74) is 3.15. The van der Waals surface area contributed by atoms with Crippen LogP contribution in [0.2, 0.25) is 0 Å². The second-order valence-electron chi connectivity index (χ2n) is 6.68. The van der Waals surface area contributed by atoms with Crippen molar-refractivity contribution in [2.24, 2.45) is 5.41 Å². The summed E-state index contributed by atoms with van der Waals surface area (Å²) in [5, 5.41) is 3.66. The third kappa shape index (κ3) is 3.74. The number of nitrogens with one attached hydrogen (secondary N) is 1. The van der Waals surface area contributed by atoms with Crippen LogP contribution in [-0.2, 0) is 6.54 Å². The van der Waals surface area contributed by atoms with Gasteiger partial charge in [-0.1, -0.05) is 26.0 Å². The van der Waals surface area contributed by atoms with E-state index in [0.717, 1.165) is 6.54 Å². The van der Waals surface area contributed by atoms with Gasteiger partial charge in [0.05, 0.1) is 0 Å². The molecule has 2 heteroatoms. The van der Waals surface area contributed by atoms with Crippen molar-refractivity contribution in [2.75, 3.05) is 19.4 Å². The molecule has 1 aliphatic carbocycles. The quantitative estimate of drug-likeness (QED) is 0.870. The third-order valence-corrected chi connectivity index (χ3v) is 3.79. The van der Waals surface area contributed by atoms with E-state index < -0.39 is 0 Å². The van der Waals surface area contributed by atoms with Gasteiger partial charge in [0.1, 0.15) is 0 Å². The van der Waals surface area contributed by atoms with Gasteiger partial charge in [-0.05, 0) is 56.5 Å². The van der Waals surface area contributed by atoms with Gasteiger partial charge in [0.15, 0.2) is 0 Å². The summed E-state index contributed by atoms with van der Waals surface area (Å²) in [6, 6.07) is 9.53. The lowest BCUT2D eigenvalue weighted by atomic mass is 9.92. The minimum atomic E-state index is 0.516. The molecule has 0 bridgehead atoms. The van der Waals surface area contributed by atoms with Crippen LogP contribution >= 0.6 is 0 Å². The van der Waals surface area contributed by atoms with Crippen molar-refractivity contribution in [2.45, 2.75) is 45.7 Å². The number of rotatable bonds is 4. The predicted octanol–water partition coefficient (Wildman–Crippen LogP) is 3.74. The highest BCUT2D eigenvalue weighted by atomic mass is 15.0. The first-order valence-electron chi connectivity index (χ1n) is 6.95. The smallest absolute Gasteiger partial charge is 0.0342 e. The van der Waals surface area contributed by atoms with Gasteiger partial charge in [0, 0.05) is 18.3 Å². The van der Waals surface area contributed by atoms with E-state index in [0.29, 0.717) is 11.5 Å². The standard InChI is InChI=1S/C16H26N2/c1-16(2)10-9-15(11-16)17-14-7-5-13(6-8-14)12-18(3)4/h5-8,15,17H,9-12H2,1-4H3. The van der Waals surface area contributed by atoms with Gasteiger partial charge in [-0.3, -0.25) is 0 Å². The average Bonchev–Trinajstić information content (AvgIpc) is 2.60. The van der Waals surface area contributed by atoms with E-state index in [9.17, 15) is 0 Å². The zero-order valence-corrected chi connectivity index (χ0v) is 12.2. The van der Waals surface area contributed by atoms with Crippen LogP contribution in [0.4, 0.5) is 5.69 Å². The molecule has 1 saturated carbocycles. The molecule has 0 radical (unpaired) electrons. The summed E-state index contributed by atoms with van der Waals surface area (Å²) in [4.78, 5) is 2.20. The summed E-state index contributed by atoms with van der Waals surface area (Å²) in [6.45, 7) is 5.75. The molecule has 1 aromatic carbocycles. The van der Waals surface area contributed by atoms with E-state index >= 15 is 0 Å². The Bertz CT molecular complexity index is 379. The van der Waals surface area contributed by atoms with Gasteiger partial charge >= 0.3 is 0 Å². The maximum atomic E-state index is 3.66. The van der Waals surface area contributed by atoms with E-state index in [4.69, 9.17) is 0 Å². The van der Waals surface area contributed by atoms with Crippen LogP contribution in [0.15, 0.2) is 24.3 Å². The average molecular weight is 246 g/mol. The minimum Gasteiger partial charge on any atom is -0.382 e. The fraction of sp³-hybridized carbons (Fsp3) is 0.625. The monoisotopic (exact) mass is 246 g/mol. The lowest BCUT2D eigenvalue weighted by molar-refractivity contribution is 0.378. The first kappa shape index (κ1) is 13.4. The Kier molecular flexibility index (Phi) is 3.96. The third-order valence-electron chi connectivity index (χ3n) is 3.79. The SMILES string of the molecule is CN(C)Cc1ccc(NC2CCC(C)(C)C2)cc1. The highest BCUT2D eigenvalue weighted by Gasteiger charge is 2.30. The lowest BCUT2D eigenvalue weighted by Gasteiger charge is -2.19. The van der Waals surface area contributed by atoms with Gasteiger partial charge in [0.25, 0.3) is 0 Å². The molecule has 18 heavy (non-hydrogen) atoms. The van der Waals surface area contributed by atoms with Gasteiger partial charge in [-0.2, -0.15) is 0 Å². The Morgan fingerprint density at radius 2 is 1.89 bits per heavy atom. The molecule has 0 aromatic heterocycles. The Balaban J connectivity index is 1.91. The highest BCUT2D eigenvalue weighted by Crippen LogP contribution is 2.38. The fourth-order valence-corrected chi connectivity index (χ4v) is 2.87. The van der Waals surface area contributed by atoms with Crippen molar-refractivity contribution in [1.29, 1.82) is 0 Å². The van der Waals surface area contributed by atoms with Crippen LogP contribution in [0, 0.1) is 5.41 Å². The van der Waals surface area contributed by atoms with E-state index in [2.05, 4.69) is 62.4 Å². The predicted molar refractivity (Wildman–Crippen MR) is 78.9 cm³/mol. The second-order valence-corrected chi connectivity index (χ2v) is 6.68. The topological polar surface area (TPSA) is 15.3 Å². The molecule has 0 aliphatic heterocycles. The molecular formula is C16H26N2. The van der Waals surface area contributed by atoms with Gasteiger partial charge < -0.3 is 10.2 Å². The summed E-state index contributed by atoms with van der Waals surface area (Å²) in [7, 11) is 4.21. The number of anilines is 1. The van der Waals surface area contributed by atoms with Crippen LogP contribution in [-0.4, -0.2) is 25.0 Å². The summed E-state index contributed by atoms with van der Waals surface area (Å²) in [5.74, 6) is 0. The summed E-state index contributed by atoms with van der Waals surface area (Å²) in [6.07, 6.45) is 3.92. The number of nitrogens with zero attached hydrogens (tertiary/aromatic N) is 1. The van der Waals surface area contributed by atoms with Crippen LogP contribution in [0.25, 0.3) is 0 Å². The molecule has 0 amide bonds. The van der Waals surface area contributed by atoms with Gasteiger partial charge in [-0.25, -0.2) is 0 Å². The second kappa shape index (κ2) is 5.31. The van der Waals surface area contributed by atoms with Crippen LogP contribution < -0.4 is 5.32 Å². The first-order chi connectivity index (χ1) is 8.44. The van der Waals surface area contributed by atoms with Crippen molar-refractivity contribution >= 4 is 5.69 Å². The van der Waals surface area contributed by atoms with Crippen molar-refractivity contribution in [1.82, 2.24) is 4.90 Å². The molecule has 1 N–H and O–H groups in total. The molecule has 1 unspecified atom stereocenters. The molecular weight excluding hydrogens is 220 g/mol. The minimum absolute atomic E-state index is 0.516. The first-order valence-corrected chi connectivity index (χ1v) is 6.95. The number of hydrogen-bond donors (Lipinski definition) is 1. The summed E-state index contributed by atoms with van der Waals surface area (Å²) >= 11 is 0. The fourth-order valence-electron chi connectivity index (χ4n) is 2.87. The van der Waals surface area contributed by atoms with Crippen molar-refractivity contribution in [3.05, 3.63) is 29.8 Å². The molecule has 0 saturated heterocycles. The van der Waals surface area contributed by atoms with Crippen LogP contribution in [0.1, 0.15) is 38.7 Å². The molecule has 1 atom stereocenters. The van der Waals surface area contributed by atoms with Crippen molar-refractivity contribution in [3.63, 3.8) is 0 Å². The molecule has 1 fully saturated rings. The number of hydrogen-bond acceptors (Lipinski definition) is 2. The van der Waals surface area contributed by atoms with Gasteiger partial charge in [-0.15, -0.1) is 0 Å². The Hall–Kier alpha value is -1.02. The lowest BCUT2D eigenvalue weighted by Crippen LogP contribution is -2.17. The van der Waals surface area contributed by atoms with Crippen LogP contribution in [0.3, 0.4) is 0 Å². The molecule has 1 aromatic rings. The molecule has 2 rings (SSSR count).